The summed E-state index contributed by atoms with van der Waals surface area (Å²) in [6.07, 6.45) is 0. The summed E-state index contributed by atoms with van der Waals surface area (Å²) in [7, 11) is -2.59. The molecule has 2 heterocycles. The smallest absolute Gasteiger partial charge is 0.273 e. The molecular weight excluding hydrogens is 450 g/mol. The number of non-ortho nitro benzene ring substituents is 1. The molecule has 33 heavy (non-hydrogen) atoms. The SMILES string of the molecule is COc1cc([N+](=O)[O-])ccc1S(=O)(=O)N1CCN(Cc2nc(-c3ccc(C)cc3)no2)CC1. The first kappa shape index (κ1) is 22.8. The molecule has 0 spiro atoms. The van der Waals surface area contributed by atoms with Gasteiger partial charge in [-0.15, -0.1) is 0 Å². The summed E-state index contributed by atoms with van der Waals surface area (Å²) in [6, 6.07) is 11.3. The van der Waals surface area contributed by atoms with Gasteiger partial charge in [-0.1, -0.05) is 35.0 Å². The zero-order chi connectivity index (χ0) is 23.6. The lowest BCUT2D eigenvalue weighted by Crippen LogP contribution is -2.48. The molecule has 1 aliphatic rings. The first-order valence-electron chi connectivity index (χ1n) is 10.2. The predicted octanol–water partition coefficient (Wildman–Crippen LogP) is 2.47. The molecule has 1 aliphatic heterocycles. The van der Waals surface area contributed by atoms with Crippen LogP contribution in [0.15, 0.2) is 51.9 Å². The minimum atomic E-state index is -3.87. The van der Waals surface area contributed by atoms with Crippen LogP contribution in [0.3, 0.4) is 0 Å². The summed E-state index contributed by atoms with van der Waals surface area (Å²) in [5, 5.41) is 15.0. The average Bonchev–Trinajstić information content (AvgIpc) is 3.27. The van der Waals surface area contributed by atoms with Gasteiger partial charge in [0.2, 0.25) is 21.7 Å². The number of nitro benzene ring substituents is 1. The van der Waals surface area contributed by atoms with Crippen LogP contribution in [0, 0.1) is 17.0 Å². The van der Waals surface area contributed by atoms with Crippen molar-refractivity contribution in [1.82, 2.24) is 19.3 Å². The second-order valence-electron chi connectivity index (χ2n) is 7.65. The van der Waals surface area contributed by atoms with Gasteiger partial charge in [-0.2, -0.15) is 9.29 Å². The topological polar surface area (TPSA) is 132 Å². The summed E-state index contributed by atoms with van der Waals surface area (Å²) in [5.41, 5.74) is 1.77. The minimum absolute atomic E-state index is 0.0545. The number of methoxy groups -OCH3 is 1. The third-order valence-corrected chi connectivity index (χ3v) is 7.38. The van der Waals surface area contributed by atoms with Gasteiger partial charge in [-0.25, -0.2) is 8.42 Å². The Hall–Kier alpha value is -3.35. The van der Waals surface area contributed by atoms with E-state index >= 15 is 0 Å². The summed E-state index contributed by atoms with van der Waals surface area (Å²) < 4.78 is 38.1. The number of sulfonamides is 1. The number of hydrogen-bond acceptors (Lipinski definition) is 9. The van der Waals surface area contributed by atoms with Gasteiger partial charge in [0, 0.05) is 37.8 Å². The number of piperazine rings is 1. The standard InChI is InChI=1S/C21H23N5O6S/c1-15-3-5-16(6-4-15)21-22-20(32-23-21)14-24-9-11-25(12-10-24)33(29,30)19-8-7-17(26(27)28)13-18(19)31-2/h3-8,13H,9-12,14H2,1-2H3. The van der Waals surface area contributed by atoms with Crippen molar-refractivity contribution in [2.75, 3.05) is 33.3 Å². The molecular formula is C21H23N5O6S. The Balaban J connectivity index is 1.41. The monoisotopic (exact) mass is 473 g/mol. The zero-order valence-electron chi connectivity index (χ0n) is 18.2. The van der Waals surface area contributed by atoms with Crippen molar-refractivity contribution in [3.05, 3.63) is 64.0 Å². The maximum Gasteiger partial charge on any atom is 0.273 e. The van der Waals surface area contributed by atoms with Crippen LogP contribution in [-0.2, 0) is 16.6 Å². The highest BCUT2D eigenvalue weighted by atomic mass is 32.2. The highest BCUT2D eigenvalue weighted by Crippen LogP contribution is 2.31. The molecule has 0 N–H and O–H groups in total. The Kier molecular flexibility index (Phi) is 6.40. The maximum atomic E-state index is 13.1. The van der Waals surface area contributed by atoms with Crippen LogP contribution in [0.2, 0.25) is 0 Å². The van der Waals surface area contributed by atoms with Gasteiger partial charge in [0.05, 0.1) is 24.6 Å². The van der Waals surface area contributed by atoms with Gasteiger partial charge < -0.3 is 9.26 Å². The van der Waals surface area contributed by atoms with E-state index < -0.39 is 14.9 Å². The number of aromatic nitrogens is 2. The van der Waals surface area contributed by atoms with Crippen LogP contribution in [0.4, 0.5) is 5.69 Å². The van der Waals surface area contributed by atoms with E-state index in [2.05, 4.69) is 10.1 Å². The normalized spacial score (nSPS) is 15.5. The summed E-state index contributed by atoms with van der Waals surface area (Å²) in [6.45, 7) is 3.85. The van der Waals surface area contributed by atoms with E-state index in [1.54, 1.807) is 0 Å². The zero-order valence-corrected chi connectivity index (χ0v) is 19.0. The molecule has 12 heteroatoms. The van der Waals surface area contributed by atoms with Crippen LogP contribution in [0.1, 0.15) is 11.5 Å². The van der Waals surface area contributed by atoms with Gasteiger partial charge in [-0.05, 0) is 13.0 Å². The number of benzene rings is 2. The Morgan fingerprint density at radius 3 is 2.45 bits per heavy atom. The number of hydrogen-bond donors (Lipinski definition) is 0. The highest BCUT2D eigenvalue weighted by Gasteiger charge is 2.32. The van der Waals surface area contributed by atoms with Crippen LogP contribution < -0.4 is 4.74 Å². The van der Waals surface area contributed by atoms with Crippen molar-refractivity contribution in [2.45, 2.75) is 18.4 Å². The van der Waals surface area contributed by atoms with Crippen molar-refractivity contribution >= 4 is 15.7 Å². The molecule has 2 aromatic carbocycles. The Morgan fingerprint density at radius 1 is 1.12 bits per heavy atom. The third-order valence-electron chi connectivity index (χ3n) is 5.44. The van der Waals surface area contributed by atoms with Crippen molar-refractivity contribution in [3.8, 4) is 17.1 Å². The maximum absolute atomic E-state index is 13.1. The summed E-state index contributed by atoms with van der Waals surface area (Å²) in [4.78, 5) is 16.8. The molecule has 4 rings (SSSR count). The molecule has 174 valence electrons. The highest BCUT2D eigenvalue weighted by molar-refractivity contribution is 7.89. The molecule has 1 saturated heterocycles. The molecule has 0 aliphatic carbocycles. The fourth-order valence-corrected chi connectivity index (χ4v) is 5.14. The van der Waals surface area contributed by atoms with Crippen LogP contribution in [-0.4, -0.2) is 66.0 Å². The van der Waals surface area contributed by atoms with Gasteiger partial charge in [0.25, 0.3) is 5.69 Å². The van der Waals surface area contributed by atoms with Crippen molar-refractivity contribution < 1.29 is 22.6 Å². The second kappa shape index (κ2) is 9.25. The summed E-state index contributed by atoms with van der Waals surface area (Å²) in [5.74, 6) is 0.913. The van der Waals surface area contributed by atoms with E-state index in [-0.39, 0.29) is 29.4 Å². The van der Waals surface area contributed by atoms with Crippen LogP contribution >= 0.6 is 0 Å². The number of aryl methyl sites for hydroxylation is 1. The molecule has 0 bridgehead atoms. The second-order valence-corrected chi connectivity index (χ2v) is 9.56. The van der Waals surface area contributed by atoms with E-state index in [9.17, 15) is 18.5 Å². The van der Waals surface area contributed by atoms with Gasteiger partial charge >= 0.3 is 0 Å². The van der Waals surface area contributed by atoms with Gasteiger partial charge in [0.1, 0.15) is 10.6 Å². The number of ether oxygens (including phenoxy) is 1. The van der Waals surface area contributed by atoms with E-state index in [4.69, 9.17) is 9.26 Å². The van der Waals surface area contributed by atoms with Gasteiger partial charge in [-0.3, -0.25) is 15.0 Å². The van der Waals surface area contributed by atoms with E-state index in [1.165, 1.54) is 17.5 Å². The third kappa shape index (κ3) is 4.87. The number of nitrogens with zero attached hydrogens (tertiary/aromatic N) is 5. The first-order chi connectivity index (χ1) is 15.8. The fraction of sp³-hybridized carbons (Fsp3) is 0.333. The Bertz CT molecular complexity index is 1250. The molecule has 0 atom stereocenters. The molecule has 0 radical (unpaired) electrons. The fourth-order valence-electron chi connectivity index (χ4n) is 3.58. The number of nitro groups is 1. The van der Waals surface area contributed by atoms with E-state index in [0.29, 0.717) is 31.3 Å². The lowest BCUT2D eigenvalue weighted by atomic mass is 10.1. The first-order valence-corrected chi connectivity index (χ1v) is 11.7. The lowest BCUT2D eigenvalue weighted by molar-refractivity contribution is -0.385. The largest absolute Gasteiger partial charge is 0.495 e. The van der Waals surface area contributed by atoms with E-state index in [0.717, 1.165) is 23.3 Å². The molecule has 0 saturated carbocycles. The minimum Gasteiger partial charge on any atom is -0.495 e. The van der Waals surface area contributed by atoms with Crippen LogP contribution in [0.5, 0.6) is 5.75 Å². The van der Waals surface area contributed by atoms with E-state index in [1.807, 2.05) is 36.1 Å². The molecule has 0 amide bonds. The van der Waals surface area contributed by atoms with Gasteiger partial charge in [0.15, 0.2) is 0 Å². The molecule has 3 aromatic rings. The number of rotatable bonds is 7. The average molecular weight is 474 g/mol. The molecule has 0 unspecified atom stereocenters. The Labute approximate surface area is 190 Å². The van der Waals surface area contributed by atoms with Crippen LogP contribution in [0.25, 0.3) is 11.4 Å². The Morgan fingerprint density at radius 2 is 1.82 bits per heavy atom. The lowest BCUT2D eigenvalue weighted by Gasteiger charge is -2.33. The molecule has 1 fully saturated rings. The van der Waals surface area contributed by atoms with Crippen molar-refractivity contribution in [1.29, 1.82) is 0 Å². The molecule has 1 aromatic heterocycles. The quantitative estimate of drug-likeness (QED) is 0.375. The van der Waals surface area contributed by atoms with Crippen molar-refractivity contribution in [2.24, 2.45) is 0 Å². The van der Waals surface area contributed by atoms with Crippen molar-refractivity contribution in [3.63, 3.8) is 0 Å². The molecule has 11 nitrogen and oxygen atoms in total. The summed E-state index contributed by atoms with van der Waals surface area (Å²) >= 11 is 0. The predicted molar refractivity (Wildman–Crippen MR) is 118 cm³/mol.